The third-order valence-electron chi connectivity index (χ3n) is 5.31. The second kappa shape index (κ2) is 9.59. The van der Waals surface area contributed by atoms with Crippen molar-refractivity contribution in [3.63, 3.8) is 0 Å². The van der Waals surface area contributed by atoms with Crippen LogP contribution < -0.4 is 10.2 Å². The molecule has 7 nitrogen and oxygen atoms in total. The second-order valence-electron chi connectivity index (χ2n) is 7.59. The van der Waals surface area contributed by atoms with E-state index in [1.165, 1.54) is 6.26 Å². The maximum atomic E-state index is 11.7. The van der Waals surface area contributed by atoms with Crippen molar-refractivity contribution >= 4 is 38.7 Å². The third-order valence-corrected chi connectivity index (χ3v) is 7.72. The predicted molar refractivity (Wildman–Crippen MR) is 127 cm³/mol. The van der Waals surface area contributed by atoms with E-state index in [0.29, 0.717) is 22.2 Å². The number of hydrogen-bond acceptors (Lipinski definition) is 8. The minimum atomic E-state index is -3.26. The van der Waals surface area contributed by atoms with Crippen molar-refractivity contribution < 1.29 is 8.42 Å². The smallest absolute Gasteiger partial charge is 0.175 e. The van der Waals surface area contributed by atoms with E-state index in [-0.39, 0.29) is 4.90 Å². The monoisotopic (exact) mass is 465 g/mol. The summed E-state index contributed by atoms with van der Waals surface area (Å²) in [6.45, 7) is 1.68. The number of nitrogens with zero attached hydrogens (tertiary/aromatic N) is 4. The molecule has 0 spiro atoms. The average molecular weight is 466 g/mol. The van der Waals surface area contributed by atoms with Gasteiger partial charge >= 0.3 is 0 Å². The zero-order chi connectivity index (χ0) is 22.6. The van der Waals surface area contributed by atoms with Gasteiger partial charge in [-0.15, -0.1) is 11.8 Å². The van der Waals surface area contributed by atoms with E-state index in [0.717, 1.165) is 36.6 Å². The largest absolute Gasteiger partial charge is 0.369 e. The fourth-order valence-corrected chi connectivity index (χ4v) is 5.34. The number of thioether (sulfide) groups is 1. The molecule has 2 aromatic heterocycles. The highest BCUT2D eigenvalue weighted by Crippen LogP contribution is 2.34. The lowest BCUT2D eigenvalue weighted by atomic mass is 10.1. The summed E-state index contributed by atoms with van der Waals surface area (Å²) in [5.41, 5.74) is 2.63. The van der Waals surface area contributed by atoms with Gasteiger partial charge in [0.05, 0.1) is 33.7 Å². The highest BCUT2D eigenvalue weighted by Gasteiger charge is 2.23. The molecule has 0 bridgehead atoms. The lowest BCUT2D eigenvalue weighted by molar-refractivity contribution is 0.589. The molecule has 9 heteroatoms. The summed E-state index contributed by atoms with van der Waals surface area (Å²) in [6.07, 6.45) is 8.34. The van der Waals surface area contributed by atoms with E-state index in [1.54, 1.807) is 48.4 Å². The number of anilines is 3. The number of piperidine rings is 1. The molecule has 164 valence electrons. The molecule has 1 saturated heterocycles. The lowest BCUT2D eigenvalue weighted by Crippen LogP contribution is -2.35. The van der Waals surface area contributed by atoms with Gasteiger partial charge in [0.25, 0.3) is 0 Å². The van der Waals surface area contributed by atoms with Crippen molar-refractivity contribution in [1.82, 2.24) is 9.97 Å². The molecule has 1 N–H and O–H groups in total. The number of rotatable bonds is 6. The molecule has 0 unspecified atom stereocenters. The molecular weight excluding hydrogens is 442 g/mol. The fourth-order valence-electron chi connectivity index (χ4n) is 3.64. The second-order valence-corrected chi connectivity index (χ2v) is 10.9. The standard InChI is InChI=1S/C23H23N5O2S2/c1-32(29,30)19-7-5-17(6-8-19)27-21-15-25-16-22(20(21)14-24)28-12-9-18(10-13-28)31-23-4-2-3-11-26-23/h2-8,11,15-16,18,27H,9-10,12-13H2,1H3. The normalized spacial score (nSPS) is 14.7. The Morgan fingerprint density at radius 2 is 1.88 bits per heavy atom. The summed E-state index contributed by atoms with van der Waals surface area (Å²) in [5, 5.41) is 14.6. The Labute approximate surface area is 192 Å². The number of benzene rings is 1. The Balaban J connectivity index is 1.47. The van der Waals surface area contributed by atoms with Gasteiger partial charge in [-0.3, -0.25) is 4.98 Å². The van der Waals surface area contributed by atoms with E-state index >= 15 is 0 Å². The number of sulfone groups is 1. The first-order valence-corrected chi connectivity index (χ1v) is 13.0. The molecule has 0 atom stereocenters. The topological polar surface area (TPSA) is 99.0 Å². The van der Waals surface area contributed by atoms with Crippen LogP contribution >= 0.6 is 11.8 Å². The molecule has 0 radical (unpaired) electrons. The van der Waals surface area contributed by atoms with Gasteiger partial charge in [-0.1, -0.05) is 6.07 Å². The molecule has 0 saturated carbocycles. The molecule has 0 amide bonds. The van der Waals surface area contributed by atoms with Crippen LogP contribution in [0.2, 0.25) is 0 Å². The summed E-state index contributed by atoms with van der Waals surface area (Å²) in [5.74, 6) is 0. The maximum Gasteiger partial charge on any atom is 0.175 e. The fraction of sp³-hybridized carbons (Fsp3) is 0.261. The Morgan fingerprint density at radius 1 is 1.12 bits per heavy atom. The van der Waals surface area contributed by atoms with Crippen LogP contribution in [0.5, 0.6) is 0 Å². The van der Waals surface area contributed by atoms with Gasteiger partial charge in [-0.25, -0.2) is 13.4 Å². The summed E-state index contributed by atoms with van der Waals surface area (Å²) < 4.78 is 23.3. The van der Waals surface area contributed by atoms with Gasteiger partial charge in [-0.05, 0) is 49.2 Å². The molecule has 1 aliphatic rings. The van der Waals surface area contributed by atoms with Crippen LogP contribution in [0.4, 0.5) is 17.1 Å². The Kier molecular flexibility index (Phi) is 6.63. The van der Waals surface area contributed by atoms with Crippen LogP contribution in [-0.4, -0.2) is 43.0 Å². The number of pyridine rings is 2. The number of aromatic nitrogens is 2. The molecule has 1 fully saturated rings. The van der Waals surface area contributed by atoms with Gasteiger partial charge in [0.2, 0.25) is 0 Å². The van der Waals surface area contributed by atoms with E-state index in [9.17, 15) is 13.7 Å². The minimum absolute atomic E-state index is 0.252. The first-order chi connectivity index (χ1) is 15.4. The summed E-state index contributed by atoms with van der Waals surface area (Å²) >= 11 is 1.81. The summed E-state index contributed by atoms with van der Waals surface area (Å²) in [6, 6.07) is 14.7. The third kappa shape index (κ3) is 5.21. The van der Waals surface area contributed by atoms with Crippen molar-refractivity contribution in [3.05, 3.63) is 66.6 Å². The Hall–Kier alpha value is -3.09. The summed E-state index contributed by atoms with van der Waals surface area (Å²) in [4.78, 5) is 11.2. The van der Waals surface area contributed by atoms with Gasteiger partial charge in [0, 0.05) is 36.5 Å². The lowest BCUT2D eigenvalue weighted by Gasteiger charge is -2.33. The Morgan fingerprint density at radius 3 is 2.50 bits per heavy atom. The highest BCUT2D eigenvalue weighted by molar-refractivity contribution is 7.99. The van der Waals surface area contributed by atoms with Crippen molar-refractivity contribution in [2.24, 2.45) is 0 Å². The van der Waals surface area contributed by atoms with Gasteiger partial charge < -0.3 is 10.2 Å². The van der Waals surface area contributed by atoms with E-state index in [1.807, 2.05) is 24.4 Å². The van der Waals surface area contributed by atoms with Crippen molar-refractivity contribution in [3.8, 4) is 6.07 Å². The average Bonchev–Trinajstić information content (AvgIpc) is 2.80. The zero-order valence-electron chi connectivity index (χ0n) is 17.6. The summed E-state index contributed by atoms with van der Waals surface area (Å²) in [7, 11) is -3.26. The first-order valence-electron chi connectivity index (χ1n) is 10.2. The van der Waals surface area contributed by atoms with Gasteiger partial charge in [0.15, 0.2) is 9.84 Å². The van der Waals surface area contributed by atoms with Crippen molar-refractivity contribution in [2.45, 2.75) is 28.0 Å². The van der Waals surface area contributed by atoms with E-state index in [2.05, 4.69) is 26.3 Å². The highest BCUT2D eigenvalue weighted by atomic mass is 32.2. The maximum absolute atomic E-state index is 11.7. The van der Waals surface area contributed by atoms with Gasteiger partial charge in [0.1, 0.15) is 11.6 Å². The number of nitriles is 1. The van der Waals surface area contributed by atoms with E-state index < -0.39 is 9.84 Å². The zero-order valence-corrected chi connectivity index (χ0v) is 19.2. The molecule has 3 heterocycles. The SMILES string of the molecule is CS(=O)(=O)c1ccc(Nc2cncc(N3CCC(Sc4ccccn4)CC3)c2C#N)cc1. The molecule has 32 heavy (non-hydrogen) atoms. The van der Waals surface area contributed by atoms with Crippen molar-refractivity contribution in [1.29, 1.82) is 5.26 Å². The molecule has 1 aliphatic heterocycles. The van der Waals surface area contributed by atoms with Crippen LogP contribution in [0.3, 0.4) is 0 Å². The Bertz CT molecular complexity index is 1220. The molecular formula is C23H23N5O2S2. The van der Waals surface area contributed by atoms with Crippen LogP contribution in [-0.2, 0) is 9.84 Å². The van der Waals surface area contributed by atoms with Gasteiger partial charge in [-0.2, -0.15) is 5.26 Å². The van der Waals surface area contributed by atoms with Crippen LogP contribution in [0.1, 0.15) is 18.4 Å². The van der Waals surface area contributed by atoms with Crippen LogP contribution in [0.15, 0.2) is 71.0 Å². The molecule has 1 aromatic carbocycles. The quantitative estimate of drug-likeness (QED) is 0.577. The first kappa shape index (κ1) is 22.1. The predicted octanol–water partition coefficient (Wildman–Crippen LogP) is 4.26. The van der Waals surface area contributed by atoms with E-state index in [4.69, 9.17) is 0 Å². The van der Waals surface area contributed by atoms with Crippen LogP contribution in [0.25, 0.3) is 0 Å². The number of hydrogen-bond donors (Lipinski definition) is 1. The molecule has 3 aromatic rings. The molecule has 0 aliphatic carbocycles. The van der Waals surface area contributed by atoms with Crippen LogP contribution in [0, 0.1) is 11.3 Å². The minimum Gasteiger partial charge on any atom is -0.369 e. The molecule has 4 rings (SSSR count). The number of nitrogens with one attached hydrogen (secondary N) is 1. The van der Waals surface area contributed by atoms with Crippen molar-refractivity contribution in [2.75, 3.05) is 29.6 Å².